The van der Waals surface area contributed by atoms with E-state index in [-0.39, 0.29) is 37.8 Å². The van der Waals surface area contributed by atoms with Gasteiger partial charge in [0.1, 0.15) is 11.6 Å². The maximum Gasteiger partial charge on any atom is 0.360 e. The van der Waals surface area contributed by atoms with Crippen LogP contribution >= 0.6 is 0 Å². The van der Waals surface area contributed by atoms with Gasteiger partial charge in [0.15, 0.2) is 16.4 Å². The highest BCUT2D eigenvalue weighted by molar-refractivity contribution is 7.89. The zero-order valence-electron chi connectivity index (χ0n) is 17.9. The van der Waals surface area contributed by atoms with Crippen LogP contribution in [0.3, 0.4) is 0 Å². The van der Waals surface area contributed by atoms with Crippen LogP contribution in [-0.4, -0.2) is 61.4 Å². The Morgan fingerprint density at radius 1 is 0.970 bits per heavy atom. The monoisotopic (exact) mass is 476 g/mol. The van der Waals surface area contributed by atoms with Gasteiger partial charge in [-0.1, -0.05) is 18.2 Å². The van der Waals surface area contributed by atoms with Gasteiger partial charge in [0.25, 0.3) is 0 Å². The average Bonchev–Trinajstić information content (AvgIpc) is 3.05. The Bertz CT molecular complexity index is 1280. The molecule has 2 heterocycles. The molecule has 0 N–H and O–H groups in total. The Morgan fingerprint density at radius 2 is 1.64 bits per heavy atom. The highest BCUT2D eigenvalue weighted by Gasteiger charge is 2.33. The summed E-state index contributed by atoms with van der Waals surface area (Å²) < 4.78 is 60.5. The number of ether oxygens (including phenoxy) is 1. The van der Waals surface area contributed by atoms with Crippen LogP contribution in [0.5, 0.6) is 0 Å². The van der Waals surface area contributed by atoms with Crippen molar-refractivity contribution >= 4 is 32.8 Å². The minimum atomic E-state index is -4.39. The Morgan fingerprint density at radius 3 is 2.30 bits per heavy atom. The molecular weight excluding hydrogens is 454 g/mol. The van der Waals surface area contributed by atoms with Gasteiger partial charge in [-0.2, -0.15) is 4.31 Å². The number of nitrogens with zero attached hydrogens (tertiary/aromatic N) is 4. The van der Waals surface area contributed by atoms with E-state index in [1.54, 1.807) is 36.1 Å². The van der Waals surface area contributed by atoms with Crippen molar-refractivity contribution < 1.29 is 26.7 Å². The Kier molecular flexibility index (Phi) is 6.52. The van der Waals surface area contributed by atoms with E-state index in [0.29, 0.717) is 24.0 Å². The Labute approximate surface area is 189 Å². The molecule has 11 heteroatoms. The van der Waals surface area contributed by atoms with Gasteiger partial charge in [0.05, 0.1) is 17.6 Å². The number of sulfonamides is 1. The van der Waals surface area contributed by atoms with Gasteiger partial charge in [-0.3, -0.25) is 0 Å². The first-order valence-corrected chi connectivity index (χ1v) is 11.9. The van der Waals surface area contributed by atoms with Crippen molar-refractivity contribution in [2.24, 2.45) is 0 Å². The predicted octanol–water partition coefficient (Wildman–Crippen LogP) is 2.99. The van der Waals surface area contributed by atoms with Crippen LogP contribution in [0.4, 0.5) is 14.6 Å². The first-order valence-electron chi connectivity index (χ1n) is 10.5. The summed E-state index contributed by atoms with van der Waals surface area (Å²) in [4.78, 5) is 22.4. The minimum absolute atomic E-state index is 0.0343. The number of hydrogen-bond donors (Lipinski definition) is 0. The lowest BCUT2D eigenvalue weighted by Crippen LogP contribution is -2.36. The Hall–Kier alpha value is -3.18. The van der Waals surface area contributed by atoms with Crippen molar-refractivity contribution in [1.29, 1.82) is 0 Å². The molecule has 1 fully saturated rings. The van der Waals surface area contributed by atoms with Gasteiger partial charge in [0.2, 0.25) is 10.0 Å². The number of benzene rings is 2. The lowest BCUT2D eigenvalue weighted by Gasteiger charge is -2.24. The molecule has 4 rings (SSSR count). The molecule has 0 bridgehead atoms. The number of para-hydroxylation sites is 2. The summed E-state index contributed by atoms with van der Waals surface area (Å²) in [7, 11) is -4.39. The molecule has 0 spiro atoms. The zero-order chi connectivity index (χ0) is 23.6. The van der Waals surface area contributed by atoms with Gasteiger partial charge in [0, 0.05) is 26.2 Å². The van der Waals surface area contributed by atoms with Gasteiger partial charge < -0.3 is 9.64 Å². The molecular formula is C22H22F2N4O4S. The highest BCUT2D eigenvalue weighted by atomic mass is 32.2. The fourth-order valence-electron chi connectivity index (χ4n) is 3.75. The zero-order valence-corrected chi connectivity index (χ0v) is 18.7. The maximum atomic E-state index is 14.2. The smallest absolute Gasteiger partial charge is 0.360 e. The average molecular weight is 477 g/mol. The van der Waals surface area contributed by atoms with E-state index >= 15 is 0 Å². The molecule has 0 saturated carbocycles. The van der Waals surface area contributed by atoms with E-state index in [1.807, 2.05) is 0 Å². The molecule has 1 saturated heterocycles. The number of fused-ring (bicyclic) bond motifs is 1. The Balaban J connectivity index is 1.66. The van der Waals surface area contributed by atoms with Crippen LogP contribution in [0, 0.1) is 11.6 Å². The van der Waals surface area contributed by atoms with Crippen molar-refractivity contribution in [3.8, 4) is 0 Å². The fraction of sp³-hybridized carbons (Fsp3) is 0.318. The second-order valence-electron chi connectivity index (χ2n) is 7.40. The fourth-order valence-corrected chi connectivity index (χ4v) is 5.33. The number of carbonyl (C=O) groups excluding carboxylic acids is 1. The number of esters is 1. The molecule has 33 heavy (non-hydrogen) atoms. The summed E-state index contributed by atoms with van der Waals surface area (Å²) in [6.45, 7) is 2.37. The van der Waals surface area contributed by atoms with Gasteiger partial charge in [-0.05, 0) is 37.6 Å². The van der Waals surface area contributed by atoms with E-state index in [0.717, 1.165) is 22.5 Å². The minimum Gasteiger partial charge on any atom is -0.461 e. The van der Waals surface area contributed by atoms with E-state index in [4.69, 9.17) is 4.74 Å². The van der Waals surface area contributed by atoms with Crippen molar-refractivity contribution in [2.75, 3.05) is 37.7 Å². The van der Waals surface area contributed by atoms with Crippen molar-refractivity contribution in [1.82, 2.24) is 14.3 Å². The summed E-state index contributed by atoms with van der Waals surface area (Å²) in [6, 6.07) is 10.0. The van der Waals surface area contributed by atoms with Crippen LogP contribution < -0.4 is 4.90 Å². The van der Waals surface area contributed by atoms with Crippen LogP contribution in [0.2, 0.25) is 0 Å². The van der Waals surface area contributed by atoms with Crippen molar-refractivity contribution in [3.05, 3.63) is 59.8 Å². The normalized spacial score (nSPS) is 15.4. The topological polar surface area (TPSA) is 92.7 Å². The van der Waals surface area contributed by atoms with E-state index in [9.17, 15) is 22.0 Å². The first-order chi connectivity index (χ1) is 15.8. The van der Waals surface area contributed by atoms with Crippen molar-refractivity contribution in [2.45, 2.75) is 18.2 Å². The third-order valence-corrected chi connectivity index (χ3v) is 7.24. The van der Waals surface area contributed by atoms with Gasteiger partial charge in [-0.25, -0.2) is 32.0 Å². The number of rotatable bonds is 5. The number of halogens is 2. The van der Waals surface area contributed by atoms with Crippen LogP contribution in [-0.2, 0) is 14.8 Å². The SMILES string of the molecule is CCOC(=O)c1nc2ccccc2nc1N1CCCN(S(=O)(=O)c2c(F)cccc2F)CC1. The molecule has 0 amide bonds. The summed E-state index contributed by atoms with van der Waals surface area (Å²) in [6.07, 6.45) is 0.353. The third-order valence-electron chi connectivity index (χ3n) is 5.29. The lowest BCUT2D eigenvalue weighted by atomic mass is 10.2. The summed E-state index contributed by atoms with van der Waals surface area (Å²) in [5, 5.41) is 0. The molecule has 0 atom stereocenters. The molecule has 1 aliphatic rings. The second kappa shape index (κ2) is 9.36. The number of hydrogen-bond acceptors (Lipinski definition) is 7. The van der Waals surface area contributed by atoms with Gasteiger partial charge >= 0.3 is 5.97 Å². The molecule has 3 aromatic rings. The largest absolute Gasteiger partial charge is 0.461 e. The maximum absolute atomic E-state index is 14.2. The number of carbonyl (C=O) groups is 1. The van der Waals surface area contributed by atoms with Gasteiger partial charge in [-0.15, -0.1) is 0 Å². The number of anilines is 1. The molecule has 0 unspecified atom stereocenters. The van der Waals surface area contributed by atoms with E-state index in [2.05, 4.69) is 9.97 Å². The second-order valence-corrected chi connectivity index (χ2v) is 9.28. The molecule has 2 aromatic carbocycles. The summed E-state index contributed by atoms with van der Waals surface area (Å²) in [5.74, 6) is -2.63. The predicted molar refractivity (Wildman–Crippen MR) is 117 cm³/mol. The van der Waals surface area contributed by atoms with Crippen molar-refractivity contribution in [3.63, 3.8) is 0 Å². The molecule has 1 aliphatic heterocycles. The summed E-state index contributed by atoms with van der Waals surface area (Å²) in [5.41, 5.74) is 1.13. The first kappa shape index (κ1) is 23.0. The standard InChI is InChI=1S/C22H22F2N4O4S/c1-2-32-22(29)19-21(26-18-10-4-3-9-17(18)25-19)27-11-6-12-28(14-13-27)33(30,31)20-15(23)7-5-8-16(20)24/h3-5,7-10H,2,6,11-14H2,1H3. The van der Waals surface area contributed by atoms with Crippen LogP contribution in [0.15, 0.2) is 47.4 Å². The van der Waals surface area contributed by atoms with Crippen LogP contribution in [0.1, 0.15) is 23.8 Å². The van der Waals surface area contributed by atoms with E-state index < -0.39 is 32.5 Å². The molecule has 8 nitrogen and oxygen atoms in total. The van der Waals surface area contributed by atoms with Crippen LogP contribution in [0.25, 0.3) is 11.0 Å². The quantitative estimate of drug-likeness (QED) is 0.523. The molecule has 1 aromatic heterocycles. The number of aromatic nitrogens is 2. The molecule has 174 valence electrons. The van der Waals surface area contributed by atoms with E-state index in [1.165, 1.54) is 0 Å². The molecule has 0 radical (unpaired) electrons. The molecule has 0 aliphatic carbocycles. The highest BCUT2D eigenvalue weighted by Crippen LogP contribution is 2.26. The lowest BCUT2D eigenvalue weighted by molar-refractivity contribution is 0.0520. The summed E-state index contributed by atoms with van der Waals surface area (Å²) >= 11 is 0. The third kappa shape index (κ3) is 4.51.